The van der Waals surface area contributed by atoms with Gasteiger partial charge in [-0.1, -0.05) is 0 Å². The summed E-state index contributed by atoms with van der Waals surface area (Å²) in [5.41, 5.74) is 1.92. The number of carbonyl (C=O) groups excluding carboxylic acids is 1. The molecule has 1 atom stereocenters. The van der Waals surface area contributed by atoms with Gasteiger partial charge in [-0.25, -0.2) is 4.98 Å². The minimum atomic E-state index is 0.145. The lowest BCUT2D eigenvalue weighted by molar-refractivity contribution is -0.133. The molecule has 0 bridgehead atoms. The monoisotopic (exact) mass is 299 g/mol. The highest BCUT2D eigenvalue weighted by Crippen LogP contribution is 2.25. The Bertz CT molecular complexity index is 666. The van der Waals surface area contributed by atoms with Crippen LogP contribution in [-0.2, 0) is 11.3 Å². The number of piperidine rings is 1. The number of rotatable bonds is 3. The van der Waals surface area contributed by atoms with Crippen molar-refractivity contribution in [1.82, 2.24) is 24.4 Å². The van der Waals surface area contributed by atoms with Crippen LogP contribution in [0.15, 0.2) is 24.8 Å². The summed E-state index contributed by atoms with van der Waals surface area (Å²) in [5, 5.41) is 0. The first-order chi connectivity index (χ1) is 10.6. The number of hydrogen-bond acceptors (Lipinski definition) is 4. The highest BCUT2D eigenvalue weighted by Gasteiger charge is 2.26. The number of aromatic nitrogens is 4. The second-order valence-corrected chi connectivity index (χ2v) is 5.87. The summed E-state index contributed by atoms with van der Waals surface area (Å²) in [4.78, 5) is 27.4. The molecule has 0 aromatic carbocycles. The lowest BCUT2D eigenvalue weighted by Gasteiger charge is -2.32. The molecule has 1 fully saturated rings. The fourth-order valence-corrected chi connectivity index (χ4v) is 2.94. The van der Waals surface area contributed by atoms with Gasteiger partial charge in [-0.2, -0.15) is 0 Å². The van der Waals surface area contributed by atoms with Crippen molar-refractivity contribution in [1.29, 1.82) is 0 Å². The average Bonchev–Trinajstić information content (AvgIpc) is 2.92. The van der Waals surface area contributed by atoms with Gasteiger partial charge in [0.15, 0.2) is 0 Å². The third kappa shape index (κ3) is 3.16. The second kappa shape index (κ2) is 6.25. The molecular formula is C16H21N5O. The minimum Gasteiger partial charge on any atom is -0.340 e. The SMILES string of the molecule is Cc1cncc([C@@H]2CCCN(C(=O)Cn3ccnc3C)C2)n1. The number of imidazole rings is 1. The van der Waals surface area contributed by atoms with E-state index in [0.717, 1.165) is 43.1 Å². The third-order valence-corrected chi connectivity index (χ3v) is 4.20. The van der Waals surface area contributed by atoms with Crippen molar-refractivity contribution in [3.05, 3.63) is 42.0 Å². The molecule has 22 heavy (non-hydrogen) atoms. The van der Waals surface area contributed by atoms with E-state index in [-0.39, 0.29) is 11.8 Å². The summed E-state index contributed by atoms with van der Waals surface area (Å²) >= 11 is 0. The van der Waals surface area contributed by atoms with Crippen molar-refractivity contribution in [3.8, 4) is 0 Å². The largest absolute Gasteiger partial charge is 0.340 e. The summed E-state index contributed by atoms with van der Waals surface area (Å²) < 4.78 is 1.89. The van der Waals surface area contributed by atoms with Crippen LogP contribution in [0.4, 0.5) is 0 Å². The second-order valence-electron chi connectivity index (χ2n) is 5.87. The van der Waals surface area contributed by atoms with Crippen LogP contribution in [0, 0.1) is 13.8 Å². The maximum atomic E-state index is 12.5. The first kappa shape index (κ1) is 14.7. The summed E-state index contributed by atoms with van der Waals surface area (Å²) in [6.07, 6.45) is 9.23. The molecule has 1 aliphatic rings. The molecule has 2 aromatic rings. The Balaban J connectivity index is 1.67. The minimum absolute atomic E-state index is 0.145. The van der Waals surface area contributed by atoms with E-state index in [4.69, 9.17) is 0 Å². The Labute approximate surface area is 130 Å². The van der Waals surface area contributed by atoms with Gasteiger partial charge in [-0.05, 0) is 26.7 Å². The highest BCUT2D eigenvalue weighted by molar-refractivity contribution is 5.76. The Hall–Kier alpha value is -2.24. The van der Waals surface area contributed by atoms with Crippen molar-refractivity contribution in [3.63, 3.8) is 0 Å². The van der Waals surface area contributed by atoms with E-state index in [0.29, 0.717) is 6.54 Å². The van der Waals surface area contributed by atoms with Gasteiger partial charge < -0.3 is 9.47 Å². The molecule has 0 N–H and O–H groups in total. The van der Waals surface area contributed by atoms with E-state index in [1.54, 1.807) is 12.4 Å². The predicted octanol–water partition coefficient (Wildman–Crippen LogP) is 1.70. The predicted molar refractivity (Wildman–Crippen MR) is 82.3 cm³/mol. The summed E-state index contributed by atoms with van der Waals surface area (Å²) in [6, 6.07) is 0. The number of amides is 1. The molecule has 3 heterocycles. The summed E-state index contributed by atoms with van der Waals surface area (Å²) in [5.74, 6) is 1.30. The average molecular weight is 299 g/mol. The van der Waals surface area contributed by atoms with E-state index in [1.165, 1.54) is 0 Å². The summed E-state index contributed by atoms with van der Waals surface area (Å²) in [7, 11) is 0. The zero-order valence-corrected chi connectivity index (χ0v) is 13.1. The quantitative estimate of drug-likeness (QED) is 0.865. The zero-order chi connectivity index (χ0) is 15.5. The van der Waals surface area contributed by atoms with Crippen molar-refractivity contribution in [2.24, 2.45) is 0 Å². The van der Waals surface area contributed by atoms with Crippen LogP contribution in [0.2, 0.25) is 0 Å². The van der Waals surface area contributed by atoms with Crippen LogP contribution >= 0.6 is 0 Å². The van der Waals surface area contributed by atoms with Crippen LogP contribution in [0.25, 0.3) is 0 Å². The Morgan fingerprint density at radius 2 is 2.23 bits per heavy atom. The van der Waals surface area contributed by atoms with Gasteiger partial charge in [0.1, 0.15) is 12.4 Å². The molecule has 3 rings (SSSR count). The maximum Gasteiger partial charge on any atom is 0.242 e. The fourth-order valence-electron chi connectivity index (χ4n) is 2.94. The highest BCUT2D eigenvalue weighted by atomic mass is 16.2. The van der Waals surface area contributed by atoms with E-state index < -0.39 is 0 Å². The number of hydrogen-bond donors (Lipinski definition) is 0. The molecule has 6 nitrogen and oxygen atoms in total. The van der Waals surface area contributed by atoms with Gasteiger partial charge in [0.2, 0.25) is 5.91 Å². The molecule has 1 amide bonds. The first-order valence-electron chi connectivity index (χ1n) is 7.67. The normalized spacial score (nSPS) is 18.5. The lowest BCUT2D eigenvalue weighted by atomic mass is 9.95. The molecule has 2 aromatic heterocycles. The van der Waals surface area contributed by atoms with Crippen LogP contribution in [0.3, 0.4) is 0 Å². The van der Waals surface area contributed by atoms with E-state index >= 15 is 0 Å². The molecule has 116 valence electrons. The summed E-state index contributed by atoms with van der Waals surface area (Å²) in [6.45, 7) is 5.77. The Morgan fingerprint density at radius 3 is 2.95 bits per heavy atom. The first-order valence-corrected chi connectivity index (χ1v) is 7.67. The smallest absolute Gasteiger partial charge is 0.242 e. The van der Waals surface area contributed by atoms with Crippen molar-refractivity contribution < 1.29 is 4.79 Å². The van der Waals surface area contributed by atoms with Gasteiger partial charge >= 0.3 is 0 Å². The van der Waals surface area contributed by atoms with Crippen molar-refractivity contribution in [2.45, 2.75) is 39.2 Å². The standard InChI is InChI=1S/C16H21N5O/c1-12-8-17-9-15(19-12)14-4-3-6-21(10-14)16(22)11-20-7-5-18-13(20)2/h5,7-9,14H,3-4,6,10-11H2,1-2H3/t14-/m1/s1. The molecule has 1 saturated heterocycles. The van der Waals surface area contributed by atoms with Crippen molar-refractivity contribution in [2.75, 3.05) is 13.1 Å². The van der Waals surface area contributed by atoms with Gasteiger partial charge in [0.25, 0.3) is 0 Å². The van der Waals surface area contributed by atoms with Crippen molar-refractivity contribution >= 4 is 5.91 Å². The molecular weight excluding hydrogens is 278 g/mol. The Morgan fingerprint density at radius 1 is 1.36 bits per heavy atom. The maximum absolute atomic E-state index is 12.5. The van der Waals surface area contributed by atoms with Crippen LogP contribution < -0.4 is 0 Å². The molecule has 0 spiro atoms. The van der Waals surface area contributed by atoms with Crippen LogP contribution in [0.1, 0.15) is 36.0 Å². The van der Waals surface area contributed by atoms with Gasteiger partial charge in [-0.15, -0.1) is 0 Å². The van der Waals surface area contributed by atoms with E-state index in [1.807, 2.05) is 35.7 Å². The van der Waals surface area contributed by atoms with Gasteiger partial charge in [-0.3, -0.25) is 14.8 Å². The molecule has 0 aliphatic carbocycles. The molecule has 0 saturated carbocycles. The molecule has 0 radical (unpaired) electrons. The molecule has 6 heteroatoms. The Kier molecular flexibility index (Phi) is 4.18. The number of carbonyl (C=O) groups is 1. The van der Waals surface area contributed by atoms with E-state index in [2.05, 4.69) is 15.0 Å². The number of aryl methyl sites for hydroxylation is 2. The topological polar surface area (TPSA) is 63.9 Å². The lowest BCUT2D eigenvalue weighted by Crippen LogP contribution is -2.41. The van der Waals surface area contributed by atoms with Gasteiger partial charge in [0.05, 0.1) is 11.4 Å². The fraction of sp³-hybridized carbons (Fsp3) is 0.500. The molecule has 1 aliphatic heterocycles. The van der Waals surface area contributed by atoms with Crippen LogP contribution in [0.5, 0.6) is 0 Å². The number of likely N-dealkylation sites (tertiary alicyclic amines) is 1. The zero-order valence-electron chi connectivity index (χ0n) is 13.1. The third-order valence-electron chi connectivity index (χ3n) is 4.20. The molecule has 0 unspecified atom stereocenters. The van der Waals surface area contributed by atoms with Gasteiger partial charge in [0, 0.05) is 43.8 Å². The van der Waals surface area contributed by atoms with E-state index in [9.17, 15) is 4.79 Å². The number of nitrogens with zero attached hydrogens (tertiary/aromatic N) is 5. The van der Waals surface area contributed by atoms with Crippen LogP contribution in [-0.4, -0.2) is 43.4 Å².